The van der Waals surface area contributed by atoms with Gasteiger partial charge in [-0.1, -0.05) is 24.3 Å². The molecule has 0 saturated carbocycles. The molecule has 0 bridgehead atoms. The van der Waals surface area contributed by atoms with Crippen molar-refractivity contribution in [1.82, 2.24) is 15.1 Å². The van der Waals surface area contributed by atoms with Crippen molar-refractivity contribution in [3.05, 3.63) is 88.5 Å². The molecule has 1 N–H and O–H groups in total. The number of hydrogen-bond acceptors (Lipinski definition) is 7. The number of nitrogens with one attached hydrogen (secondary N) is 1. The summed E-state index contributed by atoms with van der Waals surface area (Å²) >= 11 is 0. The highest BCUT2D eigenvalue weighted by molar-refractivity contribution is 5.97. The lowest BCUT2D eigenvalue weighted by Crippen LogP contribution is -2.46. The van der Waals surface area contributed by atoms with Crippen molar-refractivity contribution in [3.8, 4) is 17.2 Å². The first kappa shape index (κ1) is 29.6. The monoisotopic (exact) mass is 611 g/mol. The highest BCUT2D eigenvalue weighted by atomic mass is 19.4. The largest absolute Gasteiger partial charge is 0.496 e. The quantitative estimate of drug-likeness (QED) is 0.367. The van der Waals surface area contributed by atoms with E-state index in [0.29, 0.717) is 74.9 Å². The molecule has 3 aromatic rings. The van der Waals surface area contributed by atoms with E-state index in [1.165, 1.54) is 19.2 Å². The molecule has 0 aromatic heterocycles. The second-order valence-electron chi connectivity index (χ2n) is 11.3. The summed E-state index contributed by atoms with van der Waals surface area (Å²) in [5.41, 5.74) is 1.57. The van der Waals surface area contributed by atoms with Gasteiger partial charge in [-0.25, -0.2) is 4.79 Å². The first-order chi connectivity index (χ1) is 21.1. The van der Waals surface area contributed by atoms with Gasteiger partial charge in [0.15, 0.2) is 11.5 Å². The Morgan fingerprint density at radius 3 is 2.36 bits per heavy atom. The number of carbonyl (C=O) groups is 2. The summed E-state index contributed by atoms with van der Waals surface area (Å²) in [7, 11) is 1.49. The van der Waals surface area contributed by atoms with Crippen LogP contribution in [-0.2, 0) is 30.5 Å². The fraction of sp³-hybridized carbons (Fsp3) is 0.375. The number of alkyl halides is 3. The van der Waals surface area contributed by atoms with Crippen molar-refractivity contribution in [2.75, 3.05) is 33.5 Å². The Morgan fingerprint density at radius 2 is 1.64 bits per heavy atom. The van der Waals surface area contributed by atoms with Crippen molar-refractivity contribution in [3.63, 3.8) is 0 Å². The van der Waals surface area contributed by atoms with Crippen LogP contribution in [0.4, 0.5) is 18.0 Å². The molecule has 0 aliphatic carbocycles. The lowest BCUT2D eigenvalue weighted by atomic mass is 9.91. The van der Waals surface area contributed by atoms with Crippen molar-refractivity contribution < 1.29 is 41.7 Å². The molecule has 9 nitrogen and oxygen atoms in total. The summed E-state index contributed by atoms with van der Waals surface area (Å²) in [6, 6.07) is 15.9. The maximum atomic E-state index is 13.0. The zero-order valence-corrected chi connectivity index (χ0v) is 24.1. The normalized spacial score (nSPS) is 17.5. The Labute approximate surface area is 252 Å². The van der Waals surface area contributed by atoms with Gasteiger partial charge < -0.3 is 24.3 Å². The van der Waals surface area contributed by atoms with Crippen LogP contribution in [0, 0.1) is 0 Å². The summed E-state index contributed by atoms with van der Waals surface area (Å²) in [5.74, 6) is 1.41. The molecule has 1 spiro atoms. The SMILES string of the molecule is COc1cc(CN2CC3(CCN(Cc4ccc(C(F)(F)F)cc4)CC3)OC2=O)ccc1C(=O)NCc1ccc2c(c1)OCO2. The fourth-order valence-corrected chi connectivity index (χ4v) is 5.82. The van der Waals surface area contributed by atoms with Crippen LogP contribution < -0.4 is 19.5 Å². The Kier molecular flexibility index (Phi) is 8.02. The number of ether oxygens (including phenoxy) is 4. The molecule has 12 heteroatoms. The molecule has 3 aromatic carbocycles. The standard InChI is InChI=1S/C32H32F3N3O6/c1-41-27-15-23(4-8-25(27)29(39)36-16-22-5-9-26-28(14-22)43-20-42-26)18-38-19-31(44-30(38)40)10-12-37(13-11-31)17-21-2-6-24(7-3-21)32(33,34)35/h2-9,14-15H,10-13,16-20H2,1H3,(H,36,39). The molecule has 0 radical (unpaired) electrons. The molecule has 0 unspecified atom stereocenters. The minimum atomic E-state index is -4.36. The van der Waals surface area contributed by atoms with Gasteiger partial charge in [-0.2, -0.15) is 13.2 Å². The van der Waals surface area contributed by atoms with Crippen LogP contribution >= 0.6 is 0 Å². The Morgan fingerprint density at radius 1 is 0.932 bits per heavy atom. The number of nitrogens with zero attached hydrogens (tertiary/aromatic N) is 2. The van der Waals surface area contributed by atoms with Crippen LogP contribution in [0.5, 0.6) is 17.2 Å². The van der Waals surface area contributed by atoms with Crippen molar-refractivity contribution >= 4 is 12.0 Å². The van der Waals surface area contributed by atoms with Crippen LogP contribution in [-0.4, -0.2) is 60.9 Å². The third-order valence-electron chi connectivity index (χ3n) is 8.27. The summed E-state index contributed by atoms with van der Waals surface area (Å²) in [6.07, 6.45) is -3.50. The molecule has 2 saturated heterocycles. The fourth-order valence-electron chi connectivity index (χ4n) is 5.82. The first-order valence-electron chi connectivity index (χ1n) is 14.3. The molecule has 0 atom stereocenters. The van der Waals surface area contributed by atoms with Crippen LogP contribution in [0.3, 0.4) is 0 Å². The van der Waals surface area contributed by atoms with E-state index in [4.69, 9.17) is 18.9 Å². The minimum absolute atomic E-state index is 0.179. The first-order valence-corrected chi connectivity index (χ1v) is 14.3. The van der Waals surface area contributed by atoms with Crippen LogP contribution in [0.1, 0.15) is 45.5 Å². The van der Waals surface area contributed by atoms with E-state index in [2.05, 4.69) is 10.2 Å². The smallest absolute Gasteiger partial charge is 0.416 e. The third-order valence-corrected chi connectivity index (χ3v) is 8.27. The van der Waals surface area contributed by atoms with Crippen molar-refractivity contribution in [1.29, 1.82) is 0 Å². The van der Waals surface area contributed by atoms with Crippen LogP contribution in [0.25, 0.3) is 0 Å². The second-order valence-corrected chi connectivity index (χ2v) is 11.3. The molecule has 3 aliphatic rings. The number of halogens is 3. The average Bonchev–Trinajstić information content (AvgIpc) is 3.60. The number of fused-ring (bicyclic) bond motifs is 1. The van der Waals surface area contributed by atoms with Crippen LogP contribution in [0.2, 0.25) is 0 Å². The minimum Gasteiger partial charge on any atom is -0.496 e. The number of likely N-dealkylation sites (tertiary alicyclic amines) is 1. The zero-order valence-electron chi connectivity index (χ0n) is 24.1. The Bertz CT molecular complexity index is 1540. The molecule has 3 aliphatic heterocycles. The number of piperidine rings is 1. The number of methoxy groups -OCH3 is 1. The van der Waals surface area contributed by atoms with E-state index in [1.54, 1.807) is 29.2 Å². The number of hydrogen-bond donors (Lipinski definition) is 1. The Hall–Kier alpha value is -4.45. The van der Waals surface area contributed by atoms with Crippen LogP contribution in [0.15, 0.2) is 60.7 Å². The van der Waals surface area contributed by atoms with Crippen molar-refractivity contribution in [2.45, 2.75) is 44.3 Å². The maximum absolute atomic E-state index is 13.0. The zero-order chi connectivity index (χ0) is 30.9. The van der Waals surface area contributed by atoms with E-state index >= 15 is 0 Å². The van der Waals surface area contributed by atoms with Gasteiger partial charge in [0.05, 0.1) is 24.8 Å². The molecule has 232 valence electrons. The molecule has 6 rings (SSSR count). The molecular weight excluding hydrogens is 579 g/mol. The van der Waals surface area contributed by atoms with Gasteiger partial charge in [-0.05, 0) is 53.1 Å². The molecule has 2 fully saturated rings. The average molecular weight is 612 g/mol. The summed E-state index contributed by atoms with van der Waals surface area (Å²) in [4.78, 5) is 29.6. The topological polar surface area (TPSA) is 89.6 Å². The molecule has 44 heavy (non-hydrogen) atoms. The third kappa shape index (κ3) is 6.40. The summed E-state index contributed by atoms with van der Waals surface area (Å²) in [6.45, 7) is 3.05. The van der Waals surface area contributed by atoms with Crippen molar-refractivity contribution in [2.24, 2.45) is 0 Å². The molecule has 2 amide bonds. The Balaban J connectivity index is 1.02. The van der Waals surface area contributed by atoms with Gasteiger partial charge in [0.1, 0.15) is 11.4 Å². The van der Waals surface area contributed by atoms with Gasteiger partial charge >= 0.3 is 12.3 Å². The highest BCUT2D eigenvalue weighted by Gasteiger charge is 2.46. The molecule has 3 heterocycles. The number of carbonyl (C=O) groups excluding carboxylic acids is 2. The van der Waals surface area contributed by atoms with E-state index in [9.17, 15) is 22.8 Å². The summed E-state index contributed by atoms with van der Waals surface area (Å²) in [5, 5.41) is 2.90. The van der Waals surface area contributed by atoms with E-state index in [0.717, 1.165) is 28.8 Å². The van der Waals surface area contributed by atoms with E-state index in [-0.39, 0.29) is 12.7 Å². The van der Waals surface area contributed by atoms with Gasteiger partial charge in [-0.3, -0.25) is 14.6 Å². The van der Waals surface area contributed by atoms with E-state index in [1.807, 2.05) is 12.1 Å². The van der Waals surface area contributed by atoms with Gasteiger partial charge in [0.25, 0.3) is 5.91 Å². The van der Waals surface area contributed by atoms with Gasteiger partial charge in [0.2, 0.25) is 6.79 Å². The predicted octanol–water partition coefficient (Wildman–Crippen LogP) is 5.36. The van der Waals surface area contributed by atoms with Gasteiger partial charge in [0, 0.05) is 45.6 Å². The summed E-state index contributed by atoms with van der Waals surface area (Å²) < 4.78 is 60.7. The van der Waals surface area contributed by atoms with Gasteiger partial charge in [-0.15, -0.1) is 0 Å². The lowest BCUT2D eigenvalue weighted by molar-refractivity contribution is -0.137. The maximum Gasteiger partial charge on any atom is 0.416 e. The van der Waals surface area contributed by atoms with E-state index < -0.39 is 23.4 Å². The predicted molar refractivity (Wildman–Crippen MR) is 152 cm³/mol. The highest BCUT2D eigenvalue weighted by Crippen LogP contribution is 2.36. The lowest BCUT2D eigenvalue weighted by Gasteiger charge is -2.37. The molecular formula is C32H32F3N3O6. The number of amides is 2. The number of rotatable bonds is 8. The second kappa shape index (κ2) is 11.9. The number of benzene rings is 3.